The van der Waals surface area contributed by atoms with E-state index in [4.69, 9.17) is 21.1 Å². The van der Waals surface area contributed by atoms with Crippen molar-refractivity contribution < 1.29 is 23.0 Å². The van der Waals surface area contributed by atoms with E-state index in [9.17, 15) is 13.6 Å². The summed E-state index contributed by atoms with van der Waals surface area (Å²) in [5, 5.41) is 3.54. The van der Waals surface area contributed by atoms with Crippen LogP contribution < -0.4 is 14.8 Å². The van der Waals surface area contributed by atoms with E-state index in [1.165, 1.54) is 12.3 Å². The number of alkyl halides is 2. The number of fused-ring (bicyclic) bond motifs is 1. The fourth-order valence-electron chi connectivity index (χ4n) is 3.99. The lowest BCUT2D eigenvalue weighted by molar-refractivity contribution is -0.287. The highest BCUT2D eigenvalue weighted by molar-refractivity contribution is 6.30. The summed E-state index contributed by atoms with van der Waals surface area (Å²) in [6.45, 7) is 0. The Morgan fingerprint density at radius 3 is 2.56 bits per heavy atom. The van der Waals surface area contributed by atoms with Crippen LogP contribution in [0.15, 0.2) is 66.9 Å². The van der Waals surface area contributed by atoms with Crippen molar-refractivity contribution in [1.82, 2.24) is 10.3 Å². The van der Waals surface area contributed by atoms with Crippen LogP contribution in [-0.2, 0) is 16.8 Å². The molecule has 1 aromatic heterocycles. The second kappa shape index (κ2) is 7.74. The monoisotopic (exact) mass is 456 g/mol. The van der Waals surface area contributed by atoms with Crippen LogP contribution in [-0.4, -0.2) is 17.2 Å². The summed E-state index contributed by atoms with van der Waals surface area (Å²) >= 11 is 6.07. The third-order valence-corrected chi connectivity index (χ3v) is 5.87. The summed E-state index contributed by atoms with van der Waals surface area (Å²) in [5.74, 6) is -0.505. The van der Waals surface area contributed by atoms with Crippen LogP contribution >= 0.6 is 11.6 Å². The largest absolute Gasteiger partial charge is 0.586 e. The first-order valence-corrected chi connectivity index (χ1v) is 10.6. The summed E-state index contributed by atoms with van der Waals surface area (Å²) < 4.78 is 37.6. The Balaban J connectivity index is 1.73. The summed E-state index contributed by atoms with van der Waals surface area (Å²) in [7, 11) is 0. The summed E-state index contributed by atoms with van der Waals surface area (Å²) in [4.78, 5) is 17.6. The van der Waals surface area contributed by atoms with Gasteiger partial charge in [0.15, 0.2) is 11.5 Å². The molecule has 0 spiro atoms. The lowest BCUT2D eigenvalue weighted by Crippen LogP contribution is -2.50. The zero-order chi connectivity index (χ0) is 22.3. The highest BCUT2D eigenvalue weighted by Gasteiger charge is 2.50. The number of para-hydroxylation sites is 1. The number of aromatic nitrogens is 1. The number of halogens is 3. The molecule has 1 amide bonds. The Bertz CT molecular complexity index is 1150. The van der Waals surface area contributed by atoms with Gasteiger partial charge in [0.1, 0.15) is 5.54 Å². The van der Waals surface area contributed by atoms with Gasteiger partial charge in [-0.3, -0.25) is 9.78 Å². The number of ether oxygens (including phenoxy) is 2. The summed E-state index contributed by atoms with van der Waals surface area (Å²) in [5.41, 5.74) is 0.372. The van der Waals surface area contributed by atoms with Crippen molar-refractivity contribution in [1.29, 1.82) is 0 Å². The first-order valence-electron chi connectivity index (χ1n) is 10.2. The molecule has 0 radical (unpaired) electrons. The summed E-state index contributed by atoms with van der Waals surface area (Å²) in [6.07, 6.45) is -0.510. The maximum atomic E-state index is 14.0. The number of carbonyl (C=O) groups excluding carboxylic acids is 1. The quantitative estimate of drug-likeness (QED) is 0.562. The fourth-order valence-corrected chi connectivity index (χ4v) is 4.10. The topological polar surface area (TPSA) is 60.5 Å². The first-order chi connectivity index (χ1) is 15.4. The molecule has 1 aliphatic heterocycles. The lowest BCUT2D eigenvalue weighted by atomic mass is 9.79. The number of rotatable bonds is 6. The third-order valence-electron chi connectivity index (χ3n) is 5.65. The van der Waals surface area contributed by atoms with Crippen molar-refractivity contribution in [3.8, 4) is 11.5 Å². The van der Waals surface area contributed by atoms with E-state index in [0.717, 1.165) is 18.4 Å². The predicted octanol–water partition coefficient (Wildman–Crippen LogP) is 5.07. The highest BCUT2D eigenvalue weighted by atomic mass is 35.5. The normalized spacial score (nSPS) is 18.1. The second-order valence-electron chi connectivity index (χ2n) is 7.99. The molecule has 0 bridgehead atoms. The van der Waals surface area contributed by atoms with E-state index < -0.39 is 11.8 Å². The van der Waals surface area contributed by atoms with Crippen molar-refractivity contribution in [3.05, 3.63) is 88.7 Å². The zero-order valence-corrected chi connectivity index (χ0v) is 17.6. The molecule has 1 aliphatic carbocycles. The number of nitrogens with one attached hydrogen (secondary N) is 1. The van der Waals surface area contributed by atoms with Crippen molar-refractivity contribution in [2.45, 2.75) is 31.1 Å². The number of benzene rings is 2. The second-order valence-corrected chi connectivity index (χ2v) is 8.43. The highest BCUT2D eigenvalue weighted by Crippen LogP contribution is 2.49. The number of hydrogen-bond acceptors (Lipinski definition) is 4. The minimum absolute atomic E-state index is 0.0976. The molecule has 1 atom stereocenters. The number of pyridine rings is 1. The molecule has 3 aromatic rings. The van der Waals surface area contributed by atoms with Gasteiger partial charge in [0, 0.05) is 24.1 Å². The van der Waals surface area contributed by atoms with Gasteiger partial charge in [0.25, 0.3) is 0 Å². The molecule has 1 fully saturated rings. The van der Waals surface area contributed by atoms with Crippen LogP contribution in [0.25, 0.3) is 0 Å². The maximum absolute atomic E-state index is 14.0. The number of amides is 1. The minimum atomic E-state index is -3.80. The fraction of sp³-hybridized carbons (Fsp3) is 0.250. The Morgan fingerprint density at radius 1 is 1.09 bits per heavy atom. The third kappa shape index (κ3) is 3.88. The van der Waals surface area contributed by atoms with Gasteiger partial charge in [-0.2, -0.15) is 0 Å². The van der Waals surface area contributed by atoms with Crippen molar-refractivity contribution in [2.75, 3.05) is 0 Å². The molecule has 5 nitrogen and oxygen atoms in total. The molecular formula is C24H19ClF2N2O3. The van der Waals surface area contributed by atoms with Crippen molar-refractivity contribution in [3.63, 3.8) is 0 Å². The van der Waals surface area contributed by atoms with Gasteiger partial charge in [-0.25, -0.2) is 0 Å². The van der Waals surface area contributed by atoms with E-state index >= 15 is 0 Å². The van der Waals surface area contributed by atoms with Crippen molar-refractivity contribution in [2.24, 2.45) is 5.92 Å². The molecule has 1 N–H and O–H groups in total. The average molecular weight is 457 g/mol. The van der Waals surface area contributed by atoms with Gasteiger partial charge in [-0.15, -0.1) is 8.78 Å². The molecule has 2 aliphatic rings. The number of carbonyl (C=O) groups is 1. The number of hydrogen-bond donors (Lipinski definition) is 1. The van der Waals surface area contributed by atoms with Crippen molar-refractivity contribution >= 4 is 17.5 Å². The van der Waals surface area contributed by atoms with Gasteiger partial charge >= 0.3 is 6.29 Å². The Kier molecular flexibility index (Phi) is 5.01. The van der Waals surface area contributed by atoms with Gasteiger partial charge in [-0.1, -0.05) is 54.1 Å². The zero-order valence-electron chi connectivity index (χ0n) is 16.9. The van der Waals surface area contributed by atoms with Crippen LogP contribution in [0.5, 0.6) is 11.5 Å². The van der Waals surface area contributed by atoms with E-state index in [0.29, 0.717) is 16.3 Å². The minimum Gasteiger partial charge on any atom is -0.395 e. The Hall–Kier alpha value is -3.19. The van der Waals surface area contributed by atoms with E-state index in [2.05, 4.69) is 10.3 Å². The molecule has 2 heterocycles. The molecule has 8 heteroatoms. The Morgan fingerprint density at radius 2 is 1.88 bits per heavy atom. The Labute approximate surface area is 188 Å². The summed E-state index contributed by atoms with van der Waals surface area (Å²) in [6, 6.07) is 17.4. The molecule has 0 saturated heterocycles. The average Bonchev–Trinajstić information content (AvgIpc) is 3.56. The SMILES string of the molecule is O=C(N[C@@](Cc1ccccc1)(c1ccc(Cl)cn1)c1cccc2c1OC(F)(F)O2)C1CC1. The lowest BCUT2D eigenvalue weighted by Gasteiger charge is -2.36. The smallest absolute Gasteiger partial charge is 0.395 e. The predicted molar refractivity (Wildman–Crippen MR) is 114 cm³/mol. The molecule has 164 valence electrons. The first kappa shape index (κ1) is 20.7. The molecular weight excluding hydrogens is 438 g/mol. The van der Waals surface area contributed by atoms with Crippen LogP contribution in [0.4, 0.5) is 8.78 Å². The van der Waals surface area contributed by atoms with Gasteiger partial charge in [0.05, 0.1) is 10.7 Å². The number of nitrogens with zero attached hydrogens (tertiary/aromatic N) is 1. The standard InChI is InChI=1S/C24H19ClF2N2O3/c25-17-11-12-20(28-14-17)23(29-22(30)16-9-10-16,13-15-5-2-1-3-6-15)18-7-4-8-19-21(18)32-24(26,27)31-19/h1-8,11-12,14,16H,9-10,13H2,(H,29,30)/t23-/m1/s1. The van der Waals surface area contributed by atoms with Gasteiger partial charge in [-0.05, 0) is 36.6 Å². The van der Waals surface area contributed by atoms with Crippen LogP contribution in [0.2, 0.25) is 5.02 Å². The molecule has 2 aromatic carbocycles. The van der Waals surface area contributed by atoms with Crippen LogP contribution in [0.3, 0.4) is 0 Å². The van der Waals surface area contributed by atoms with Crippen LogP contribution in [0.1, 0.15) is 29.7 Å². The molecule has 1 saturated carbocycles. The van der Waals surface area contributed by atoms with E-state index in [-0.39, 0.29) is 29.7 Å². The van der Waals surface area contributed by atoms with Gasteiger partial charge < -0.3 is 14.8 Å². The molecule has 0 unspecified atom stereocenters. The van der Waals surface area contributed by atoms with E-state index in [1.54, 1.807) is 24.3 Å². The molecule has 32 heavy (non-hydrogen) atoms. The van der Waals surface area contributed by atoms with Crippen LogP contribution in [0, 0.1) is 5.92 Å². The van der Waals surface area contributed by atoms with Gasteiger partial charge in [0.2, 0.25) is 5.91 Å². The van der Waals surface area contributed by atoms with E-state index in [1.807, 2.05) is 30.3 Å². The molecule has 5 rings (SSSR count). The maximum Gasteiger partial charge on any atom is 0.586 e.